The molecule has 1 aliphatic rings. The van der Waals surface area contributed by atoms with Crippen LogP contribution in [0.2, 0.25) is 20.1 Å². The number of pyridine rings is 1. The Kier molecular flexibility index (Phi) is 6.04. The van der Waals surface area contributed by atoms with Crippen molar-refractivity contribution in [3.05, 3.63) is 157 Å². The highest BCUT2D eigenvalue weighted by Gasteiger charge is 2.31. The Bertz CT molecular complexity index is 4490. The highest BCUT2D eigenvalue weighted by molar-refractivity contribution is 6.55. The van der Waals surface area contributed by atoms with Crippen molar-refractivity contribution in [3.8, 4) is 11.4 Å². The van der Waals surface area contributed by atoms with Gasteiger partial charge < -0.3 is 4.57 Å². The van der Waals surface area contributed by atoms with Gasteiger partial charge >= 0.3 is 0 Å². The summed E-state index contributed by atoms with van der Waals surface area (Å²) < 4.78 is 3.97. The lowest BCUT2D eigenvalue weighted by atomic mass is 9.84. The second kappa shape index (κ2) is 11.1. The van der Waals surface area contributed by atoms with Crippen molar-refractivity contribution in [2.24, 2.45) is 0 Å². The van der Waals surface area contributed by atoms with E-state index >= 15 is 0 Å². The van der Waals surface area contributed by atoms with Gasteiger partial charge in [-0.05, 0) is 127 Å². The Balaban J connectivity index is 1.06. The van der Waals surface area contributed by atoms with Gasteiger partial charge in [0.25, 0.3) is 5.56 Å². The van der Waals surface area contributed by atoms with E-state index in [2.05, 4.69) is 95.6 Å². The molecule has 4 heterocycles. The summed E-state index contributed by atoms with van der Waals surface area (Å²) in [4.78, 5) is 25.3. The van der Waals surface area contributed by atoms with Gasteiger partial charge in [0.1, 0.15) is 11.5 Å². The summed E-state index contributed by atoms with van der Waals surface area (Å²) in [6.07, 6.45) is 0. The number of halogens is 4. The summed E-state index contributed by atoms with van der Waals surface area (Å²) in [5.41, 5.74) is 5.67. The molecule has 14 aromatic rings. The first-order valence-electron chi connectivity index (χ1n) is 20.0. The lowest BCUT2D eigenvalue weighted by molar-refractivity contribution is 0.831. The zero-order valence-corrected chi connectivity index (χ0v) is 34.5. The molecule has 0 N–H and O–H groups in total. The molecule has 0 fully saturated rings. The molecule has 11 aromatic carbocycles. The SMILES string of the molecule is O=c1c2cc(Cl)c3c4c(Cl)cc5c6c(cc(Cl)c(c7c(Cl)cc(c2c37)c2nc3cc7cc8ccccc8cc7cc3n12)c64)Cn1c-5nc2cc3cc4ccccc4cc3cc21. The van der Waals surface area contributed by atoms with Crippen molar-refractivity contribution in [3.63, 3.8) is 0 Å². The number of fused-ring (bicyclic) bond motifs is 14. The monoisotopic (exact) mass is 858 g/mol. The van der Waals surface area contributed by atoms with Crippen LogP contribution in [0.5, 0.6) is 0 Å². The third-order valence-corrected chi connectivity index (χ3v) is 14.7. The van der Waals surface area contributed by atoms with E-state index in [9.17, 15) is 4.79 Å². The molecule has 0 amide bonds. The van der Waals surface area contributed by atoms with Gasteiger partial charge in [-0.3, -0.25) is 9.20 Å². The quantitative estimate of drug-likeness (QED) is 0.113. The maximum absolute atomic E-state index is 14.9. The van der Waals surface area contributed by atoms with Crippen LogP contribution in [0.3, 0.4) is 0 Å². The number of hydrogen-bond donors (Lipinski definition) is 0. The first-order valence-corrected chi connectivity index (χ1v) is 21.5. The standard InChI is InChI=1S/C52H22Cl4N4O/c53-34-13-30-21-59-40-16-28-11-24-7-3-1-5-22(24)9-26(28)14-38(40)57-50(59)31-18-35(54)45-47-37(56)20-33-43-32(19-36(55)46(49(43)47)44(34)48(45)42(30)31)51-58-39-15-27-10-23-6-2-4-8-25(23)12-29(27)17-41(39)60(51)52(33)61/h1-20H,21H2. The Morgan fingerprint density at radius 1 is 0.443 bits per heavy atom. The molecule has 15 rings (SSSR count). The van der Waals surface area contributed by atoms with Gasteiger partial charge in [0.15, 0.2) is 0 Å². The van der Waals surface area contributed by atoms with Crippen LogP contribution in [0.4, 0.5) is 0 Å². The van der Waals surface area contributed by atoms with E-state index < -0.39 is 0 Å². The zero-order chi connectivity index (χ0) is 40.3. The number of aromatic nitrogens is 4. The van der Waals surface area contributed by atoms with E-state index in [1.165, 1.54) is 10.8 Å². The molecule has 0 bridgehead atoms. The normalized spacial score (nSPS) is 13.2. The lowest BCUT2D eigenvalue weighted by Crippen LogP contribution is -2.14. The number of hydrogen-bond acceptors (Lipinski definition) is 3. The summed E-state index contributed by atoms with van der Waals surface area (Å²) in [6, 6.07) is 41.8. The molecular formula is C52H22Cl4N4O. The smallest absolute Gasteiger partial charge is 0.264 e. The van der Waals surface area contributed by atoms with Crippen molar-refractivity contribution in [1.82, 2.24) is 18.9 Å². The molecule has 0 radical (unpaired) electrons. The number of imidazole rings is 2. The molecule has 0 atom stereocenters. The maximum atomic E-state index is 14.9. The Morgan fingerprint density at radius 2 is 0.934 bits per heavy atom. The van der Waals surface area contributed by atoms with Gasteiger partial charge in [-0.2, -0.15) is 0 Å². The second-order valence-corrected chi connectivity index (χ2v) is 18.2. The van der Waals surface area contributed by atoms with E-state index in [1.54, 1.807) is 10.5 Å². The van der Waals surface area contributed by atoms with Crippen LogP contribution in [0, 0.1) is 0 Å². The van der Waals surface area contributed by atoms with E-state index in [0.29, 0.717) is 43.2 Å². The summed E-state index contributed by atoms with van der Waals surface area (Å²) in [6.45, 7) is 0.562. The van der Waals surface area contributed by atoms with Gasteiger partial charge in [0.2, 0.25) is 0 Å². The summed E-state index contributed by atoms with van der Waals surface area (Å²) >= 11 is 29.9. The number of rotatable bonds is 0. The summed E-state index contributed by atoms with van der Waals surface area (Å²) in [5.74, 6) is 0.836. The topological polar surface area (TPSA) is 52.2 Å². The van der Waals surface area contributed by atoms with Crippen LogP contribution in [0.25, 0.3) is 136 Å². The van der Waals surface area contributed by atoms with E-state index in [0.717, 1.165) is 114 Å². The van der Waals surface area contributed by atoms with Crippen LogP contribution in [-0.4, -0.2) is 18.9 Å². The summed E-state index contributed by atoms with van der Waals surface area (Å²) in [5, 5.41) is 18.5. The Morgan fingerprint density at radius 3 is 1.54 bits per heavy atom. The predicted molar refractivity (Wildman–Crippen MR) is 257 cm³/mol. The van der Waals surface area contributed by atoms with Gasteiger partial charge in [0, 0.05) is 68.7 Å². The lowest BCUT2D eigenvalue weighted by Gasteiger charge is -2.26. The fourth-order valence-corrected chi connectivity index (χ4v) is 12.2. The second-order valence-electron chi connectivity index (χ2n) is 16.6. The van der Waals surface area contributed by atoms with Gasteiger partial charge in [-0.1, -0.05) is 94.9 Å². The first-order chi connectivity index (χ1) is 29.8. The average Bonchev–Trinajstić information content (AvgIpc) is 3.81. The van der Waals surface area contributed by atoms with Crippen LogP contribution < -0.4 is 5.56 Å². The third-order valence-electron chi connectivity index (χ3n) is 13.5. The molecule has 0 saturated carbocycles. The van der Waals surface area contributed by atoms with Gasteiger partial charge in [-0.15, -0.1) is 0 Å². The molecule has 284 valence electrons. The molecular weight excluding hydrogens is 838 g/mol. The van der Waals surface area contributed by atoms with Crippen LogP contribution in [-0.2, 0) is 6.54 Å². The van der Waals surface area contributed by atoms with Crippen molar-refractivity contribution in [2.75, 3.05) is 0 Å². The van der Waals surface area contributed by atoms with Crippen LogP contribution >= 0.6 is 46.4 Å². The van der Waals surface area contributed by atoms with E-state index in [-0.39, 0.29) is 5.56 Å². The fraction of sp³-hybridized carbons (Fsp3) is 0.0192. The molecule has 0 unspecified atom stereocenters. The molecule has 3 aromatic heterocycles. The molecule has 1 aliphatic heterocycles. The average molecular weight is 861 g/mol. The molecule has 0 spiro atoms. The number of nitrogens with zero attached hydrogens (tertiary/aromatic N) is 4. The van der Waals surface area contributed by atoms with Gasteiger partial charge in [-0.25, -0.2) is 9.97 Å². The fourth-order valence-electron chi connectivity index (χ4n) is 11.0. The van der Waals surface area contributed by atoms with Crippen LogP contribution in [0.15, 0.2) is 126 Å². The largest absolute Gasteiger partial charge is 0.319 e. The Hall–Kier alpha value is -6.47. The van der Waals surface area contributed by atoms with Gasteiger partial charge in [0.05, 0.1) is 34.0 Å². The van der Waals surface area contributed by atoms with Crippen molar-refractivity contribution in [2.45, 2.75) is 6.54 Å². The van der Waals surface area contributed by atoms with Crippen molar-refractivity contribution < 1.29 is 0 Å². The number of benzene rings is 11. The van der Waals surface area contributed by atoms with Crippen molar-refractivity contribution in [1.29, 1.82) is 0 Å². The molecule has 0 aliphatic carbocycles. The third kappa shape index (κ3) is 4.04. The van der Waals surface area contributed by atoms with Crippen molar-refractivity contribution >= 4 is 171 Å². The highest BCUT2D eigenvalue weighted by atomic mass is 35.5. The molecule has 5 nitrogen and oxygen atoms in total. The summed E-state index contributed by atoms with van der Waals surface area (Å²) in [7, 11) is 0. The highest BCUT2D eigenvalue weighted by Crippen LogP contribution is 2.55. The van der Waals surface area contributed by atoms with Crippen LogP contribution in [0.1, 0.15) is 5.56 Å². The first kappa shape index (κ1) is 33.3. The molecule has 0 saturated heterocycles. The molecule has 9 heteroatoms. The molecule has 61 heavy (non-hydrogen) atoms. The maximum Gasteiger partial charge on any atom is 0.264 e. The zero-order valence-electron chi connectivity index (χ0n) is 31.5. The van der Waals surface area contributed by atoms with E-state index in [4.69, 9.17) is 56.4 Å². The van der Waals surface area contributed by atoms with E-state index in [1.807, 2.05) is 24.3 Å². The minimum atomic E-state index is -0.209. The Labute approximate surface area is 363 Å². The minimum Gasteiger partial charge on any atom is -0.319 e. The minimum absolute atomic E-state index is 0.209. The predicted octanol–water partition coefficient (Wildman–Crippen LogP) is 15.1.